The standard InChI is InChI=1S/C7H9.2ClH.Hf/c1-2-7-5-3-4-6-7;;;/h3-5H,1-2,6H2;2*1H;/q-1;;;/p-2. The van der Waals surface area contributed by atoms with Crippen molar-refractivity contribution in [1.29, 1.82) is 0 Å². The molecule has 0 spiro atoms. The average molecular weight is 343 g/mol. The van der Waals surface area contributed by atoms with Crippen molar-refractivity contribution < 1.29 is 50.7 Å². The Bertz CT molecular complexity index is 119. The smallest absolute Gasteiger partial charge is 0 e. The van der Waals surface area contributed by atoms with Crippen molar-refractivity contribution in [1.82, 2.24) is 0 Å². The van der Waals surface area contributed by atoms with Gasteiger partial charge in [-0.25, -0.2) is 0 Å². The summed E-state index contributed by atoms with van der Waals surface area (Å²) in [5, 5.41) is 0. The van der Waals surface area contributed by atoms with Gasteiger partial charge in [0.05, 0.1) is 0 Å². The molecule has 0 atom stereocenters. The van der Waals surface area contributed by atoms with Crippen LogP contribution in [-0.2, 0) is 25.8 Å². The molecular weight excluding hydrogens is 333 g/mol. The van der Waals surface area contributed by atoms with Gasteiger partial charge in [-0.3, -0.25) is 0 Å². The van der Waals surface area contributed by atoms with Crippen molar-refractivity contribution in [3.05, 3.63) is 30.7 Å². The molecule has 1 rings (SSSR count). The van der Waals surface area contributed by atoms with E-state index in [1.807, 2.05) is 0 Å². The van der Waals surface area contributed by atoms with Gasteiger partial charge in [0, 0.05) is 25.8 Å². The van der Waals surface area contributed by atoms with Gasteiger partial charge in [0.1, 0.15) is 0 Å². The first-order valence-electron chi connectivity index (χ1n) is 2.57. The van der Waals surface area contributed by atoms with Crippen LogP contribution in [0.3, 0.4) is 0 Å². The summed E-state index contributed by atoms with van der Waals surface area (Å²) < 4.78 is 0. The van der Waals surface area contributed by atoms with Crippen molar-refractivity contribution in [3.8, 4) is 0 Å². The minimum atomic E-state index is 0. The van der Waals surface area contributed by atoms with Gasteiger partial charge in [0.25, 0.3) is 0 Å². The van der Waals surface area contributed by atoms with E-state index in [0.29, 0.717) is 0 Å². The quantitative estimate of drug-likeness (QED) is 0.338. The van der Waals surface area contributed by atoms with Crippen LogP contribution in [0.2, 0.25) is 0 Å². The summed E-state index contributed by atoms with van der Waals surface area (Å²) in [6.45, 7) is 3.76. The summed E-state index contributed by atoms with van der Waals surface area (Å²) in [7, 11) is 0. The van der Waals surface area contributed by atoms with Crippen LogP contribution in [0.1, 0.15) is 12.8 Å². The Morgan fingerprint density at radius 2 is 2.00 bits per heavy atom. The maximum absolute atomic E-state index is 3.76. The molecule has 0 saturated heterocycles. The fourth-order valence-corrected chi connectivity index (χ4v) is 0.677. The number of rotatable bonds is 1. The number of hydrogen-bond acceptors (Lipinski definition) is 0. The molecule has 0 aromatic rings. The van der Waals surface area contributed by atoms with Crippen LogP contribution in [0.5, 0.6) is 0 Å². The zero-order valence-electron chi connectivity index (χ0n) is 5.61. The first-order chi connectivity index (χ1) is 3.43. The molecule has 1 aliphatic carbocycles. The largest absolute Gasteiger partial charge is 1.00 e. The minimum absolute atomic E-state index is 0. The number of hydrogen-bond donors (Lipinski definition) is 0. The Kier molecular flexibility index (Phi) is 17.0. The van der Waals surface area contributed by atoms with Crippen molar-refractivity contribution in [2.45, 2.75) is 12.8 Å². The third-order valence-corrected chi connectivity index (χ3v) is 1.17. The maximum atomic E-state index is 3.76. The van der Waals surface area contributed by atoms with E-state index in [-0.39, 0.29) is 50.7 Å². The zero-order chi connectivity index (χ0) is 5.11. The summed E-state index contributed by atoms with van der Waals surface area (Å²) >= 11 is 0. The molecule has 0 amide bonds. The van der Waals surface area contributed by atoms with Crippen LogP contribution in [0.15, 0.2) is 23.8 Å². The molecule has 0 nitrogen and oxygen atoms in total. The Hall–Kier alpha value is 0.930. The van der Waals surface area contributed by atoms with Gasteiger partial charge in [-0.15, -0.1) is 0 Å². The van der Waals surface area contributed by atoms with Crippen molar-refractivity contribution in [3.63, 3.8) is 0 Å². The molecule has 0 aromatic heterocycles. The molecule has 0 fully saturated rings. The fraction of sp³-hybridized carbons (Fsp3) is 0.286. The topological polar surface area (TPSA) is 0 Å². The predicted molar refractivity (Wildman–Crippen MR) is 31.8 cm³/mol. The molecule has 0 aromatic carbocycles. The molecule has 0 N–H and O–H groups in total. The molecule has 1 aliphatic rings. The molecule has 0 radical (unpaired) electrons. The van der Waals surface area contributed by atoms with Gasteiger partial charge < -0.3 is 31.7 Å². The van der Waals surface area contributed by atoms with E-state index < -0.39 is 0 Å². The molecule has 0 bridgehead atoms. The van der Waals surface area contributed by atoms with Gasteiger partial charge in [-0.05, 0) is 6.42 Å². The van der Waals surface area contributed by atoms with Crippen LogP contribution in [-0.4, -0.2) is 0 Å². The van der Waals surface area contributed by atoms with Gasteiger partial charge in [-0.2, -0.15) is 6.42 Å². The Balaban J connectivity index is -0.000000163. The van der Waals surface area contributed by atoms with Crippen LogP contribution in [0, 0.1) is 6.92 Å². The monoisotopic (exact) mass is 343 g/mol. The molecule has 10 heavy (non-hydrogen) atoms. The second-order valence-corrected chi connectivity index (χ2v) is 1.71. The van der Waals surface area contributed by atoms with E-state index in [9.17, 15) is 0 Å². The number of allylic oxidation sites excluding steroid dienone is 4. The maximum Gasteiger partial charge on any atom is 0 e. The Labute approximate surface area is 93.8 Å². The van der Waals surface area contributed by atoms with E-state index in [1.54, 1.807) is 0 Å². The van der Waals surface area contributed by atoms with E-state index in [1.165, 1.54) is 5.57 Å². The summed E-state index contributed by atoms with van der Waals surface area (Å²) in [5.41, 5.74) is 1.44. The minimum Gasteiger partial charge on any atom is -1.00 e. The molecule has 58 valence electrons. The Morgan fingerprint density at radius 3 is 2.20 bits per heavy atom. The summed E-state index contributed by atoms with van der Waals surface area (Å²) in [6, 6.07) is 0. The van der Waals surface area contributed by atoms with Gasteiger partial charge in [0.2, 0.25) is 0 Å². The van der Waals surface area contributed by atoms with Crippen LogP contribution < -0.4 is 24.8 Å². The van der Waals surface area contributed by atoms with E-state index >= 15 is 0 Å². The average Bonchev–Trinajstić information content (AvgIpc) is 2.14. The van der Waals surface area contributed by atoms with Crippen LogP contribution in [0.4, 0.5) is 0 Å². The normalized spacial score (nSPS) is 12.3. The molecule has 3 heteroatoms. The fourth-order valence-electron chi connectivity index (χ4n) is 0.677. The van der Waals surface area contributed by atoms with E-state index in [0.717, 1.165) is 12.8 Å². The first-order valence-corrected chi connectivity index (χ1v) is 2.57. The van der Waals surface area contributed by atoms with Gasteiger partial charge in [-0.1, -0.05) is 23.8 Å². The third kappa shape index (κ3) is 5.70. The summed E-state index contributed by atoms with van der Waals surface area (Å²) in [6.07, 6.45) is 8.46. The summed E-state index contributed by atoms with van der Waals surface area (Å²) in [4.78, 5) is 0. The first kappa shape index (κ1) is 17.1. The molecule has 0 aliphatic heterocycles. The van der Waals surface area contributed by atoms with Gasteiger partial charge in [0.15, 0.2) is 0 Å². The molecular formula is C7H9Cl2Hf-3. The van der Waals surface area contributed by atoms with Crippen LogP contribution >= 0.6 is 0 Å². The number of halogens is 2. The Morgan fingerprint density at radius 1 is 1.40 bits per heavy atom. The third-order valence-electron chi connectivity index (χ3n) is 1.17. The predicted octanol–water partition coefficient (Wildman–Crippen LogP) is -3.90. The zero-order valence-corrected chi connectivity index (χ0v) is 10.7. The molecule has 0 saturated carbocycles. The molecule has 0 heterocycles. The second kappa shape index (κ2) is 9.93. The van der Waals surface area contributed by atoms with E-state index in [2.05, 4.69) is 25.2 Å². The summed E-state index contributed by atoms with van der Waals surface area (Å²) in [5.74, 6) is 0. The molecule has 0 unspecified atom stereocenters. The van der Waals surface area contributed by atoms with Crippen molar-refractivity contribution in [2.75, 3.05) is 0 Å². The van der Waals surface area contributed by atoms with Gasteiger partial charge >= 0.3 is 0 Å². The van der Waals surface area contributed by atoms with Crippen molar-refractivity contribution in [2.24, 2.45) is 0 Å². The van der Waals surface area contributed by atoms with Crippen LogP contribution in [0.25, 0.3) is 0 Å². The second-order valence-electron chi connectivity index (χ2n) is 1.71. The van der Waals surface area contributed by atoms with Crippen molar-refractivity contribution >= 4 is 0 Å². The van der Waals surface area contributed by atoms with E-state index in [4.69, 9.17) is 0 Å². The SMILES string of the molecule is [CH2-]CC1=CC=CC1.[Cl-].[Cl-].[Hf].